The summed E-state index contributed by atoms with van der Waals surface area (Å²) >= 11 is 0. The van der Waals surface area contributed by atoms with E-state index in [2.05, 4.69) is 16.1 Å². The zero-order valence-corrected chi connectivity index (χ0v) is 23.1. The Morgan fingerprint density at radius 2 is 1.55 bits per heavy atom. The highest BCUT2D eigenvalue weighted by Crippen LogP contribution is 2.38. The van der Waals surface area contributed by atoms with Crippen LogP contribution in [0.25, 0.3) is 0 Å². The van der Waals surface area contributed by atoms with Crippen LogP contribution in [0.3, 0.4) is 0 Å². The van der Waals surface area contributed by atoms with Gasteiger partial charge >= 0.3 is 18.2 Å². The number of ether oxygens (including phenoxy) is 2. The molecule has 2 saturated carbocycles. The first kappa shape index (κ1) is 29.7. The van der Waals surface area contributed by atoms with Crippen LogP contribution in [0.1, 0.15) is 90.5 Å². The maximum atomic E-state index is 12.9. The zero-order chi connectivity index (χ0) is 27.4. The summed E-state index contributed by atoms with van der Waals surface area (Å²) < 4.78 is 10.5. The molecule has 0 radical (unpaired) electrons. The first-order chi connectivity index (χ1) is 18.2. The van der Waals surface area contributed by atoms with E-state index in [4.69, 9.17) is 14.3 Å². The fourth-order valence-corrected chi connectivity index (χ4v) is 5.32. The van der Waals surface area contributed by atoms with E-state index in [1.807, 2.05) is 30.3 Å². The molecule has 212 valence electrons. The molecule has 3 rings (SSSR count). The number of alkyl carbamates (subject to hydrolysis) is 2. The molecule has 9 heteroatoms. The maximum Gasteiger partial charge on any atom is 0.408 e. The summed E-state index contributed by atoms with van der Waals surface area (Å²) in [5.41, 5.74) is 3.09. The van der Waals surface area contributed by atoms with E-state index in [1.54, 1.807) is 20.8 Å². The molecule has 0 unspecified atom stereocenters. The van der Waals surface area contributed by atoms with Crippen molar-refractivity contribution in [2.24, 2.45) is 11.8 Å². The fraction of sp³-hybridized carbons (Fsp3) is 0.690. The van der Waals surface area contributed by atoms with Crippen LogP contribution in [0.2, 0.25) is 0 Å². The Labute approximate surface area is 226 Å². The van der Waals surface area contributed by atoms with Gasteiger partial charge in [0.2, 0.25) is 0 Å². The molecule has 3 N–H and O–H groups in total. The number of amides is 2. The van der Waals surface area contributed by atoms with E-state index < -0.39 is 29.8 Å². The Morgan fingerprint density at radius 1 is 0.895 bits per heavy atom. The van der Waals surface area contributed by atoms with Crippen molar-refractivity contribution < 1.29 is 28.7 Å². The van der Waals surface area contributed by atoms with Crippen molar-refractivity contribution in [1.29, 1.82) is 0 Å². The third-order valence-corrected chi connectivity index (χ3v) is 7.31. The van der Waals surface area contributed by atoms with Crippen LogP contribution in [0, 0.1) is 11.8 Å². The van der Waals surface area contributed by atoms with Gasteiger partial charge in [0.25, 0.3) is 0 Å². The number of hydrogen-bond acceptors (Lipinski definition) is 7. The summed E-state index contributed by atoms with van der Waals surface area (Å²) in [6.07, 6.45) is 9.79. The van der Waals surface area contributed by atoms with Crippen LogP contribution < -0.4 is 16.1 Å². The van der Waals surface area contributed by atoms with E-state index in [9.17, 15) is 14.4 Å². The minimum Gasteiger partial charge on any atom is -0.445 e. The van der Waals surface area contributed by atoms with E-state index in [0.29, 0.717) is 0 Å². The Kier molecular flexibility index (Phi) is 11.7. The first-order valence-corrected chi connectivity index (χ1v) is 14.1. The number of hydrogen-bond donors (Lipinski definition) is 3. The van der Waals surface area contributed by atoms with E-state index in [1.165, 1.54) is 32.1 Å². The predicted octanol–water partition coefficient (Wildman–Crippen LogP) is 5.38. The lowest BCUT2D eigenvalue weighted by molar-refractivity contribution is -0.156. The van der Waals surface area contributed by atoms with Gasteiger partial charge in [0.1, 0.15) is 18.2 Å². The second-order valence-corrected chi connectivity index (χ2v) is 11.5. The molecule has 1 atom stereocenters. The summed E-state index contributed by atoms with van der Waals surface area (Å²) in [6.45, 7) is 5.48. The number of benzene rings is 1. The minimum absolute atomic E-state index is 0.104. The van der Waals surface area contributed by atoms with Gasteiger partial charge in [0.15, 0.2) is 0 Å². The normalized spacial score (nSPS) is 21.1. The van der Waals surface area contributed by atoms with Crippen molar-refractivity contribution in [2.75, 3.05) is 6.54 Å². The van der Waals surface area contributed by atoms with Gasteiger partial charge in [-0.2, -0.15) is 0 Å². The lowest BCUT2D eigenvalue weighted by atomic mass is 9.72. The smallest absolute Gasteiger partial charge is 0.408 e. The van der Waals surface area contributed by atoms with Crippen LogP contribution in [0.4, 0.5) is 9.59 Å². The number of carbonyl (C=O) groups excluding carboxylic acids is 3. The Hall–Kier alpha value is -2.81. The number of hydroxylamine groups is 1. The average Bonchev–Trinajstić information content (AvgIpc) is 2.90. The Balaban J connectivity index is 1.43. The monoisotopic (exact) mass is 531 g/mol. The molecule has 0 aromatic heterocycles. The van der Waals surface area contributed by atoms with E-state index >= 15 is 0 Å². The van der Waals surface area contributed by atoms with Crippen LogP contribution in [0.15, 0.2) is 30.3 Å². The second kappa shape index (κ2) is 15.0. The molecule has 0 heterocycles. The minimum atomic E-state index is -0.995. The molecular formula is C29H45N3O6. The van der Waals surface area contributed by atoms with Crippen molar-refractivity contribution in [3.05, 3.63) is 35.9 Å². The van der Waals surface area contributed by atoms with Crippen LogP contribution >= 0.6 is 0 Å². The highest BCUT2D eigenvalue weighted by Gasteiger charge is 2.30. The maximum absolute atomic E-state index is 12.9. The average molecular weight is 532 g/mol. The molecule has 38 heavy (non-hydrogen) atoms. The van der Waals surface area contributed by atoms with Crippen molar-refractivity contribution in [3.8, 4) is 0 Å². The molecular weight excluding hydrogens is 486 g/mol. The summed E-state index contributed by atoms with van der Waals surface area (Å²) in [7, 11) is 0. The second-order valence-electron chi connectivity index (χ2n) is 11.5. The fourth-order valence-electron chi connectivity index (χ4n) is 5.32. The number of carbonyl (C=O) groups is 3. The van der Waals surface area contributed by atoms with Gasteiger partial charge in [-0.15, -0.1) is 5.48 Å². The molecule has 2 amide bonds. The third-order valence-electron chi connectivity index (χ3n) is 7.31. The summed E-state index contributed by atoms with van der Waals surface area (Å²) in [6, 6.07) is 8.45. The van der Waals surface area contributed by atoms with Gasteiger partial charge < -0.3 is 24.9 Å². The molecule has 0 bridgehead atoms. The summed E-state index contributed by atoms with van der Waals surface area (Å²) in [5, 5.41) is 5.19. The van der Waals surface area contributed by atoms with E-state index in [0.717, 1.165) is 43.1 Å². The largest absolute Gasteiger partial charge is 0.445 e. The molecule has 2 aliphatic carbocycles. The third kappa shape index (κ3) is 10.9. The zero-order valence-electron chi connectivity index (χ0n) is 23.1. The molecule has 1 aromatic rings. The molecule has 9 nitrogen and oxygen atoms in total. The number of nitrogens with one attached hydrogen (secondary N) is 3. The van der Waals surface area contributed by atoms with Crippen molar-refractivity contribution in [2.45, 2.75) is 109 Å². The van der Waals surface area contributed by atoms with Gasteiger partial charge in [0.05, 0.1) is 0 Å². The van der Waals surface area contributed by atoms with Crippen molar-refractivity contribution in [3.63, 3.8) is 0 Å². The first-order valence-electron chi connectivity index (χ1n) is 14.1. The van der Waals surface area contributed by atoms with Crippen molar-refractivity contribution in [1.82, 2.24) is 16.1 Å². The quantitative estimate of drug-likeness (QED) is 0.274. The molecule has 0 spiro atoms. The highest BCUT2D eigenvalue weighted by atomic mass is 16.7. The molecule has 0 saturated heterocycles. The highest BCUT2D eigenvalue weighted by molar-refractivity contribution is 5.81. The topological polar surface area (TPSA) is 115 Å². The standard InChI is InChI=1S/C29H45N3O6/c1-29(2,3)37-28(35)31-25(18-19-30-27(34)36-20-21-10-6-4-7-11-21)26(33)38-32-24-16-14-23(15-17-24)22-12-8-5-9-13-22/h4,6-7,10-11,22-25,32H,5,8-9,12-20H2,1-3H3,(H,30,34)(H,31,35)/t23?,24?,25-/m1/s1. The molecule has 2 aliphatic rings. The Morgan fingerprint density at radius 3 is 2.21 bits per heavy atom. The predicted molar refractivity (Wildman–Crippen MR) is 144 cm³/mol. The van der Waals surface area contributed by atoms with Gasteiger partial charge in [-0.3, -0.25) is 0 Å². The lowest BCUT2D eigenvalue weighted by Gasteiger charge is -2.35. The number of rotatable bonds is 10. The van der Waals surface area contributed by atoms with Crippen LogP contribution in [-0.2, 0) is 25.7 Å². The van der Waals surface area contributed by atoms with Gasteiger partial charge in [0, 0.05) is 12.6 Å². The SMILES string of the molecule is CC(C)(C)OC(=O)N[C@H](CCNC(=O)OCc1ccccc1)C(=O)ONC1CCC(C2CCCCC2)CC1. The summed E-state index contributed by atoms with van der Waals surface area (Å²) in [5.74, 6) is 1.00. The van der Waals surface area contributed by atoms with Crippen molar-refractivity contribution >= 4 is 18.2 Å². The summed E-state index contributed by atoms with van der Waals surface area (Å²) in [4.78, 5) is 42.7. The molecule has 2 fully saturated rings. The van der Waals surface area contributed by atoms with E-state index in [-0.39, 0.29) is 25.6 Å². The molecule has 1 aromatic carbocycles. The lowest BCUT2D eigenvalue weighted by Crippen LogP contribution is -2.48. The molecule has 0 aliphatic heterocycles. The van der Waals surface area contributed by atoms with Gasteiger partial charge in [-0.1, -0.05) is 62.4 Å². The Bertz CT molecular complexity index is 874. The van der Waals surface area contributed by atoms with Crippen LogP contribution in [-0.4, -0.2) is 42.4 Å². The van der Waals surface area contributed by atoms with Gasteiger partial charge in [-0.25, -0.2) is 14.4 Å². The van der Waals surface area contributed by atoms with Crippen LogP contribution in [0.5, 0.6) is 0 Å². The van der Waals surface area contributed by atoms with Gasteiger partial charge in [-0.05, 0) is 70.3 Å².